The van der Waals surface area contributed by atoms with Crippen LogP contribution in [0.1, 0.15) is 21.5 Å². The van der Waals surface area contributed by atoms with Crippen molar-refractivity contribution in [3.8, 4) is 5.75 Å². The van der Waals surface area contributed by atoms with Gasteiger partial charge >= 0.3 is 0 Å². The Balaban J connectivity index is 2.06. The van der Waals surface area contributed by atoms with Gasteiger partial charge in [-0.25, -0.2) is 4.39 Å². The molecule has 2 aromatic carbocycles. The molecule has 20 heavy (non-hydrogen) atoms. The highest BCUT2D eigenvalue weighted by Crippen LogP contribution is 2.17. The summed E-state index contributed by atoms with van der Waals surface area (Å²) in [5.74, 6) is -0.00226. The number of nitrogens with one attached hydrogen (secondary N) is 1. The van der Waals surface area contributed by atoms with Crippen molar-refractivity contribution in [3.63, 3.8) is 0 Å². The fourth-order valence-corrected chi connectivity index (χ4v) is 1.86. The van der Waals surface area contributed by atoms with Crippen LogP contribution in [0, 0.1) is 12.7 Å². The Hall–Kier alpha value is -2.36. The molecule has 0 atom stereocenters. The number of carbonyl (C=O) groups is 1. The quantitative estimate of drug-likeness (QED) is 0.929. The minimum absolute atomic E-state index is 0.247. The van der Waals surface area contributed by atoms with Crippen LogP contribution in [0.25, 0.3) is 0 Å². The molecule has 0 spiro atoms. The lowest BCUT2D eigenvalue weighted by Crippen LogP contribution is -2.23. The van der Waals surface area contributed by atoms with Crippen LogP contribution < -0.4 is 10.1 Å². The van der Waals surface area contributed by atoms with Crippen molar-refractivity contribution < 1.29 is 13.9 Å². The van der Waals surface area contributed by atoms with Gasteiger partial charge in [0.15, 0.2) is 0 Å². The SMILES string of the molecule is COc1ccccc1C(=O)NCc1ccc(C)c(F)c1. The molecule has 0 aliphatic rings. The molecule has 0 heterocycles. The van der Waals surface area contributed by atoms with Gasteiger partial charge in [-0.3, -0.25) is 4.79 Å². The number of rotatable bonds is 4. The third-order valence-corrected chi connectivity index (χ3v) is 3.04. The average Bonchev–Trinajstić information content (AvgIpc) is 2.48. The maximum Gasteiger partial charge on any atom is 0.255 e. The highest BCUT2D eigenvalue weighted by Gasteiger charge is 2.11. The van der Waals surface area contributed by atoms with Crippen molar-refractivity contribution in [1.29, 1.82) is 0 Å². The summed E-state index contributed by atoms with van der Waals surface area (Å²) in [6.07, 6.45) is 0. The van der Waals surface area contributed by atoms with Crippen LogP contribution in [0.15, 0.2) is 42.5 Å². The molecule has 0 saturated carbocycles. The molecule has 0 fully saturated rings. The topological polar surface area (TPSA) is 38.3 Å². The molecule has 3 nitrogen and oxygen atoms in total. The second kappa shape index (κ2) is 6.19. The minimum atomic E-state index is -0.269. The van der Waals surface area contributed by atoms with E-state index in [2.05, 4.69) is 5.32 Å². The summed E-state index contributed by atoms with van der Waals surface area (Å²) in [5, 5.41) is 2.75. The summed E-state index contributed by atoms with van der Waals surface area (Å²) in [5.41, 5.74) is 1.77. The molecule has 104 valence electrons. The Labute approximate surface area is 117 Å². The molecule has 0 unspecified atom stereocenters. The summed E-state index contributed by atoms with van der Waals surface area (Å²) >= 11 is 0. The fraction of sp³-hybridized carbons (Fsp3) is 0.188. The molecular formula is C16H16FNO2. The molecule has 1 N–H and O–H groups in total. The van der Waals surface area contributed by atoms with Gasteiger partial charge in [0, 0.05) is 6.54 Å². The average molecular weight is 273 g/mol. The third kappa shape index (κ3) is 3.15. The van der Waals surface area contributed by atoms with Crippen LogP contribution >= 0.6 is 0 Å². The minimum Gasteiger partial charge on any atom is -0.496 e. The van der Waals surface area contributed by atoms with E-state index in [1.165, 1.54) is 13.2 Å². The lowest BCUT2D eigenvalue weighted by atomic mass is 10.1. The number of methoxy groups -OCH3 is 1. The predicted octanol–water partition coefficient (Wildman–Crippen LogP) is 3.07. The Bertz CT molecular complexity index is 626. The number of carbonyl (C=O) groups excluding carboxylic acids is 1. The van der Waals surface area contributed by atoms with E-state index in [1.807, 2.05) is 0 Å². The van der Waals surface area contributed by atoms with Crippen molar-refractivity contribution in [2.45, 2.75) is 13.5 Å². The van der Waals surface area contributed by atoms with Crippen LogP contribution in [-0.4, -0.2) is 13.0 Å². The Kier molecular flexibility index (Phi) is 4.35. The molecule has 0 bridgehead atoms. The van der Waals surface area contributed by atoms with E-state index in [4.69, 9.17) is 4.74 Å². The van der Waals surface area contributed by atoms with Crippen molar-refractivity contribution in [3.05, 3.63) is 65.0 Å². The number of hydrogen-bond donors (Lipinski definition) is 1. The van der Waals surface area contributed by atoms with Crippen molar-refractivity contribution >= 4 is 5.91 Å². The molecule has 0 saturated heterocycles. The van der Waals surface area contributed by atoms with Gasteiger partial charge in [0.2, 0.25) is 0 Å². The van der Waals surface area contributed by atoms with Crippen molar-refractivity contribution in [2.75, 3.05) is 7.11 Å². The first-order chi connectivity index (χ1) is 9.61. The number of benzene rings is 2. The first-order valence-electron chi connectivity index (χ1n) is 6.28. The second-order valence-electron chi connectivity index (χ2n) is 4.47. The van der Waals surface area contributed by atoms with Gasteiger partial charge in [0.05, 0.1) is 12.7 Å². The summed E-state index contributed by atoms with van der Waals surface area (Å²) in [6, 6.07) is 11.9. The molecule has 0 aromatic heterocycles. The summed E-state index contributed by atoms with van der Waals surface area (Å²) in [6.45, 7) is 1.97. The number of para-hydroxylation sites is 1. The molecular weight excluding hydrogens is 257 g/mol. The number of amides is 1. The van der Waals surface area contributed by atoms with Gasteiger partial charge in [-0.2, -0.15) is 0 Å². The zero-order chi connectivity index (χ0) is 14.5. The van der Waals surface area contributed by atoms with Gasteiger partial charge in [-0.15, -0.1) is 0 Å². The molecule has 1 amide bonds. The van der Waals surface area contributed by atoms with Crippen molar-refractivity contribution in [1.82, 2.24) is 5.32 Å². The van der Waals surface area contributed by atoms with Gasteiger partial charge in [0.25, 0.3) is 5.91 Å². The zero-order valence-electron chi connectivity index (χ0n) is 11.4. The van der Waals surface area contributed by atoms with Crippen molar-refractivity contribution in [2.24, 2.45) is 0 Å². The highest BCUT2D eigenvalue weighted by molar-refractivity contribution is 5.96. The Morgan fingerprint density at radius 1 is 1.25 bits per heavy atom. The molecule has 0 aliphatic carbocycles. The first kappa shape index (κ1) is 14.1. The summed E-state index contributed by atoms with van der Waals surface area (Å²) in [7, 11) is 1.52. The molecule has 4 heteroatoms. The number of hydrogen-bond acceptors (Lipinski definition) is 2. The van der Waals surface area contributed by atoms with Gasteiger partial charge in [-0.05, 0) is 36.2 Å². The lowest BCUT2D eigenvalue weighted by Gasteiger charge is -2.09. The van der Waals surface area contributed by atoms with E-state index < -0.39 is 0 Å². The van der Waals surface area contributed by atoms with E-state index in [9.17, 15) is 9.18 Å². The Morgan fingerprint density at radius 3 is 2.70 bits per heavy atom. The fourth-order valence-electron chi connectivity index (χ4n) is 1.86. The number of aryl methyl sites for hydroxylation is 1. The van der Waals surface area contributed by atoms with Crippen LogP contribution in [0.4, 0.5) is 4.39 Å². The molecule has 0 aliphatic heterocycles. The summed E-state index contributed by atoms with van der Waals surface area (Å²) < 4.78 is 18.5. The highest BCUT2D eigenvalue weighted by atomic mass is 19.1. The van der Waals surface area contributed by atoms with E-state index in [0.717, 1.165) is 5.56 Å². The standard InChI is InChI=1S/C16H16FNO2/c1-11-7-8-12(9-14(11)17)10-18-16(19)13-5-3-4-6-15(13)20-2/h3-9H,10H2,1-2H3,(H,18,19). The van der Waals surface area contributed by atoms with E-state index in [0.29, 0.717) is 16.9 Å². The van der Waals surface area contributed by atoms with Crippen LogP contribution in [0.2, 0.25) is 0 Å². The van der Waals surface area contributed by atoms with E-state index in [-0.39, 0.29) is 18.3 Å². The van der Waals surface area contributed by atoms with Gasteiger partial charge in [-0.1, -0.05) is 24.3 Å². The maximum absolute atomic E-state index is 13.4. The zero-order valence-corrected chi connectivity index (χ0v) is 11.4. The van der Waals surface area contributed by atoms with Crippen LogP contribution in [-0.2, 0) is 6.54 Å². The smallest absolute Gasteiger partial charge is 0.255 e. The summed E-state index contributed by atoms with van der Waals surface area (Å²) in [4.78, 5) is 12.1. The van der Waals surface area contributed by atoms with Crippen LogP contribution in [0.3, 0.4) is 0 Å². The first-order valence-corrected chi connectivity index (χ1v) is 6.28. The molecule has 2 rings (SSSR count). The maximum atomic E-state index is 13.4. The lowest BCUT2D eigenvalue weighted by molar-refractivity contribution is 0.0948. The van der Waals surface area contributed by atoms with Crippen LogP contribution in [0.5, 0.6) is 5.75 Å². The second-order valence-corrected chi connectivity index (χ2v) is 4.47. The molecule has 2 aromatic rings. The monoisotopic (exact) mass is 273 g/mol. The normalized spacial score (nSPS) is 10.2. The molecule has 0 radical (unpaired) electrons. The third-order valence-electron chi connectivity index (χ3n) is 3.04. The Morgan fingerprint density at radius 2 is 2.00 bits per heavy atom. The van der Waals surface area contributed by atoms with E-state index in [1.54, 1.807) is 43.3 Å². The van der Waals surface area contributed by atoms with Gasteiger partial charge in [0.1, 0.15) is 11.6 Å². The number of ether oxygens (including phenoxy) is 1. The predicted molar refractivity (Wildman–Crippen MR) is 75.3 cm³/mol. The largest absolute Gasteiger partial charge is 0.496 e. The van der Waals surface area contributed by atoms with Gasteiger partial charge < -0.3 is 10.1 Å². The number of halogens is 1. The van der Waals surface area contributed by atoms with E-state index >= 15 is 0 Å².